The van der Waals surface area contributed by atoms with Gasteiger partial charge in [0, 0.05) is 11.6 Å². The summed E-state index contributed by atoms with van der Waals surface area (Å²) in [5.74, 6) is 1.46. The maximum atomic E-state index is 5.32. The van der Waals surface area contributed by atoms with Crippen LogP contribution in [0.3, 0.4) is 0 Å². The zero-order valence-electron chi connectivity index (χ0n) is 11.2. The number of hydrogen-bond acceptors (Lipinski definition) is 3. The van der Waals surface area contributed by atoms with Gasteiger partial charge >= 0.3 is 0 Å². The SMILES string of the molecule is COc1ccc(-c2cncn2C(C)C)cc1OC. The number of benzene rings is 1. The van der Waals surface area contributed by atoms with Crippen LogP contribution in [0.2, 0.25) is 0 Å². The maximum absolute atomic E-state index is 5.32. The van der Waals surface area contributed by atoms with Crippen molar-refractivity contribution in [1.29, 1.82) is 0 Å². The Hall–Kier alpha value is -1.97. The molecule has 2 aromatic rings. The van der Waals surface area contributed by atoms with Crippen molar-refractivity contribution in [3.63, 3.8) is 0 Å². The zero-order chi connectivity index (χ0) is 13.1. The third-order valence-electron chi connectivity index (χ3n) is 2.90. The Morgan fingerprint density at radius 3 is 2.44 bits per heavy atom. The summed E-state index contributed by atoms with van der Waals surface area (Å²) in [5, 5.41) is 0. The van der Waals surface area contributed by atoms with E-state index in [9.17, 15) is 0 Å². The van der Waals surface area contributed by atoms with Gasteiger partial charge in [0.1, 0.15) is 0 Å². The summed E-state index contributed by atoms with van der Waals surface area (Å²) in [6.45, 7) is 4.26. The van der Waals surface area contributed by atoms with Crippen LogP contribution in [-0.4, -0.2) is 23.8 Å². The lowest BCUT2D eigenvalue weighted by atomic mass is 10.1. The van der Waals surface area contributed by atoms with Gasteiger partial charge in [0.2, 0.25) is 0 Å². The van der Waals surface area contributed by atoms with E-state index in [1.807, 2.05) is 30.7 Å². The van der Waals surface area contributed by atoms with Gasteiger partial charge in [-0.15, -0.1) is 0 Å². The fourth-order valence-electron chi connectivity index (χ4n) is 1.94. The predicted molar refractivity (Wildman–Crippen MR) is 71.2 cm³/mol. The average Bonchev–Trinajstić information content (AvgIpc) is 2.87. The minimum absolute atomic E-state index is 0.371. The van der Waals surface area contributed by atoms with Gasteiger partial charge in [-0.1, -0.05) is 0 Å². The summed E-state index contributed by atoms with van der Waals surface area (Å²) in [4.78, 5) is 4.21. The molecule has 0 amide bonds. The van der Waals surface area contributed by atoms with Crippen LogP contribution in [0.25, 0.3) is 11.3 Å². The largest absolute Gasteiger partial charge is 0.493 e. The molecule has 0 bridgehead atoms. The lowest BCUT2D eigenvalue weighted by Crippen LogP contribution is -2.01. The summed E-state index contributed by atoms with van der Waals surface area (Å²) >= 11 is 0. The predicted octanol–water partition coefficient (Wildman–Crippen LogP) is 3.15. The highest BCUT2D eigenvalue weighted by atomic mass is 16.5. The van der Waals surface area contributed by atoms with E-state index in [0.717, 1.165) is 22.8 Å². The molecule has 2 rings (SSSR count). The van der Waals surface area contributed by atoms with Crippen LogP contribution in [-0.2, 0) is 0 Å². The zero-order valence-corrected chi connectivity index (χ0v) is 11.2. The lowest BCUT2D eigenvalue weighted by Gasteiger charge is -2.13. The first kappa shape index (κ1) is 12.5. The van der Waals surface area contributed by atoms with Gasteiger partial charge in [-0.25, -0.2) is 4.98 Å². The van der Waals surface area contributed by atoms with E-state index >= 15 is 0 Å². The van der Waals surface area contributed by atoms with Gasteiger partial charge in [0.25, 0.3) is 0 Å². The molecule has 96 valence electrons. The molecule has 18 heavy (non-hydrogen) atoms. The molecule has 0 aliphatic carbocycles. The summed E-state index contributed by atoms with van der Waals surface area (Å²) in [5.41, 5.74) is 2.14. The molecule has 0 fully saturated rings. The van der Waals surface area contributed by atoms with E-state index < -0.39 is 0 Å². The average molecular weight is 246 g/mol. The minimum Gasteiger partial charge on any atom is -0.493 e. The van der Waals surface area contributed by atoms with Crippen LogP contribution < -0.4 is 9.47 Å². The van der Waals surface area contributed by atoms with E-state index in [2.05, 4.69) is 23.4 Å². The van der Waals surface area contributed by atoms with Gasteiger partial charge in [0.15, 0.2) is 11.5 Å². The van der Waals surface area contributed by atoms with Crippen molar-refractivity contribution in [2.45, 2.75) is 19.9 Å². The molecule has 0 unspecified atom stereocenters. The molecule has 0 aliphatic rings. The molecular formula is C14H18N2O2. The van der Waals surface area contributed by atoms with Crippen LogP contribution in [0, 0.1) is 0 Å². The quantitative estimate of drug-likeness (QED) is 0.831. The lowest BCUT2D eigenvalue weighted by molar-refractivity contribution is 0.355. The molecule has 1 aromatic carbocycles. The Morgan fingerprint density at radius 1 is 1.11 bits per heavy atom. The third-order valence-corrected chi connectivity index (χ3v) is 2.90. The number of aromatic nitrogens is 2. The van der Waals surface area contributed by atoms with Crippen LogP contribution in [0.5, 0.6) is 11.5 Å². The number of methoxy groups -OCH3 is 2. The van der Waals surface area contributed by atoms with Gasteiger partial charge in [-0.3, -0.25) is 0 Å². The van der Waals surface area contributed by atoms with Crippen molar-refractivity contribution in [2.24, 2.45) is 0 Å². The van der Waals surface area contributed by atoms with E-state index in [1.54, 1.807) is 14.2 Å². The molecule has 1 aromatic heterocycles. The second-order valence-corrected chi connectivity index (χ2v) is 4.35. The van der Waals surface area contributed by atoms with E-state index in [4.69, 9.17) is 9.47 Å². The maximum Gasteiger partial charge on any atom is 0.161 e. The van der Waals surface area contributed by atoms with Gasteiger partial charge < -0.3 is 14.0 Å². The normalized spacial score (nSPS) is 10.7. The number of imidazole rings is 1. The van der Waals surface area contributed by atoms with Crippen molar-refractivity contribution in [1.82, 2.24) is 9.55 Å². The number of nitrogens with zero attached hydrogens (tertiary/aromatic N) is 2. The van der Waals surface area contributed by atoms with E-state index in [0.29, 0.717) is 6.04 Å². The Kier molecular flexibility index (Phi) is 3.55. The van der Waals surface area contributed by atoms with Crippen molar-refractivity contribution < 1.29 is 9.47 Å². The first-order valence-electron chi connectivity index (χ1n) is 5.91. The Labute approximate surface area is 107 Å². The van der Waals surface area contributed by atoms with Gasteiger partial charge in [-0.2, -0.15) is 0 Å². The van der Waals surface area contributed by atoms with E-state index in [-0.39, 0.29) is 0 Å². The fraction of sp³-hybridized carbons (Fsp3) is 0.357. The molecule has 0 aliphatic heterocycles. The highest BCUT2D eigenvalue weighted by molar-refractivity contribution is 5.64. The van der Waals surface area contributed by atoms with Crippen molar-refractivity contribution >= 4 is 0 Å². The van der Waals surface area contributed by atoms with Crippen LogP contribution >= 0.6 is 0 Å². The molecule has 1 heterocycles. The first-order chi connectivity index (χ1) is 8.67. The molecule has 0 saturated heterocycles. The van der Waals surface area contributed by atoms with Gasteiger partial charge in [-0.05, 0) is 32.0 Å². The molecule has 0 N–H and O–H groups in total. The summed E-state index contributed by atoms with van der Waals surface area (Å²) in [7, 11) is 3.28. The molecule has 4 heteroatoms. The van der Waals surface area contributed by atoms with Gasteiger partial charge in [0.05, 0.1) is 32.4 Å². The molecule has 0 spiro atoms. The number of rotatable bonds is 4. The minimum atomic E-state index is 0.371. The molecule has 0 saturated carbocycles. The smallest absolute Gasteiger partial charge is 0.161 e. The van der Waals surface area contributed by atoms with Crippen LogP contribution in [0.4, 0.5) is 0 Å². The summed E-state index contributed by atoms with van der Waals surface area (Å²) in [6, 6.07) is 6.26. The monoisotopic (exact) mass is 246 g/mol. The van der Waals surface area contributed by atoms with Crippen molar-refractivity contribution in [3.8, 4) is 22.8 Å². The summed E-state index contributed by atoms with van der Waals surface area (Å²) < 4.78 is 12.7. The first-order valence-corrected chi connectivity index (χ1v) is 5.91. The van der Waals surface area contributed by atoms with E-state index in [1.165, 1.54) is 0 Å². The number of ether oxygens (including phenoxy) is 2. The van der Waals surface area contributed by atoms with Crippen molar-refractivity contribution in [2.75, 3.05) is 14.2 Å². The fourth-order valence-corrected chi connectivity index (χ4v) is 1.94. The van der Waals surface area contributed by atoms with Crippen LogP contribution in [0.15, 0.2) is 30.7 Å². The molecular weight excluding hydrogens is 228 g/mol. The highest BCUT2D eigenvalue weighted by Gasteiger charge is 2.11. The van der Waals surface area contributed by atoms with Crippen molar-refractivity contribution in [3.05, 3.63) is 30.7 Å². The highest BCUT2D eigenvalue weighted by Crippen LogP contribution is 2.32. The Bertz CT molecular complexity index is 532. The standard InChI is InChI=1S/C14H18N2O2/c1-10(2)16-9-15-8-12(16)11-5-6-13(17-3)14(7-11)18-4/h5-10H,1-4H3. The molecule has 4 nitrogen and oxygen atoms in total. The second kappa shape index (κ2) is 5.12. The Balaban J connectivity index is 2.48. The third kappa shape index (κ3) is 2.18. The van der Waals surface area contributed by atoms with Crippen LogP contribution in [0.1, 0.15) is 19.9 Å². The topological polar surface area (TPSA) is 36.3 Å². The molecule has 0 atom stereocenters. The summed E-state index contributed by atoms with van der Waals surface area (Å²) in [6.07, 6.45) is 3.71. The number of hydrogen-bond donors (Lipinski definition) is 0. The Morgan fingerprint density at radius 2 is 1.83 bits per heavy atom. The second-order valence-electron chi connectivity index (χ2n) is 4.35. The molecule has 0 radical (unpaired) electrons.